The highest BCUT2D eigenvalue weighted by atomic mass is 32.2. The Morgan fingerprint density at radius 2 is 1.92 bits per heavy atom. The second-order valence-corrected chi connectivity index (χ2v) is 8.80. The number of guanidine groups is 1. The molecule has 0 heterocycles. The maximum atomic E-state index is 12.1. The molecule has 0 amide bonds. The number of aliphatic imine (C=N–C) groups is 1. The van der Waals surface area contributed by atoms with Gasteiger partial charge in [-0.2, -0.15) is 0 Å². The maximum absolute atomic E-state index is 12.1. The molecule has 5 nitrogen and oxygen atoms in total. The molecule has 25 heavy (non-hydrogen) atoms. The molecule has 148 valence electrons. The highest BCUT2D eigenvalue weighted by molar-refractivity contribution is 7.85. The second kappa shape index (κ2) is 13.6. The van der Waals surface area contributed by atoms with Crippen LogP contribution in [0.15, 0.2) is 4.99 Å². The lowest BCUT2D eigenvalue weighted by Gasteiger charge is -2.30. The second-order valence-electron chi connectivity index (χ2n) is 6.79. The summed E-state index contributed by atoms with van der Waals surface area (Å²) in [6.45, 7) is 13.7. The van der Waals surface area contributed by atoms with Crippen LogP contribution in [0.4, 0.5) is 0 Å². The normalized spacial score (nSPS) is 22.8. The third kappa shape index (κ3) is 9.04. The van der Waals surface area contributed by atoms with E-state index in [1.54, 1.807) is 0 Å². The minimum absolute atomic E-state index is 0.355. The number of hydrogen-bond acceptors (Lipinski definition) is 3. The van der Waals surface area contributed by atoms with Crippen molar-refractivity contribution in [3.05, 3.63) is 0 Å². The van der Waals surface area contributed by atoms with Crippen molar-refractivity contribution in [2.24, 2.45) is 4.99 Å². The number of hydrogen-bond donors (Lipinski definition) is 2. The topological polar surface area (TPSA) is 56.7 Å². The van der Waals surface area contributed by atoms with Gasteiger partial charge in [0.15, 0.2) is 5.96 Å². The largest absolute Gasteiger partial charge is 0.357 e. The number of unbranched alkanes of at least 4 members (excludes halogenated alkanes) is 1. The van der Waals surface area contributed by atoms with Crippen LogP contribution in [-0.2, 0) is 10.8 Å². The lowest BCUT2D eigenvalue weighted by Crippen LogP contribution is -2.46. The molecule has 0 aromatic carbocycles. The summed E-state index contributed by atoms with van der Waals surface area (Å²) >= 11 is 0. The molecular weight excluding hydrogens is 332 g/mol. The van der Waals surface area contributed by atoms with E-state index >= 15 is 0 Å². The van der Waals surface area contributed by atoms with E-state index in [9.17, 15) is 4.21 Å². The molecular formula is C19H40N4OS. The quantitative estimate of drug-likeness (QED) is 0.333. The van der Waals surface area contributed by atoms with Crippen LogP contribution in [0.25, 0.3) is 0 Å². The molecule has 3 atom stereocenters. The predicted octanol–water partition coefficient (Wildman–Crippen LogP) is 2.74. The molecule has 0 aliphatic heterocycles. The Morgan fingerprint density at radius 3 is 2.56 bits per heavy atom. The van der Waals surface area contributed by atoms with E-state index < -0.39 is 10.8 Å². The van der Waals surface area contributed by atoms with Crippen LogP contribution in [-0.4, -0.2) is 64.8 Å². The molecule has 1 saturated carbocycles. The number of nitrogens with one attached hydrogen (secondary N) is 2. The van der Waals surface area contributed by atoms with E-state index in [0.717, 1.165) is 70.0 Å². The third-order valence-electron chi connectivity index (χ3n) is 5.01. The first-order valence-electron chi connectivity index (χ1n) is 10.3. The van der Waals surface area contributed by atoms with E-state index in [1.165, 1.54) is 13.0 Å². The Hall–Kier alpha value is -0.620. The fourth-order valence-electron chi connectivity index (χ4n) is 3.44. The lowest BCUT2D eigenvalue weighted by atomic mass is 9.95. The summed E-state index contributed by atoms with van der Waals surface area (Å²) in [5, 5.41) is 7.30. The summed E-state index contributed by atoms with van der Waals surface area (Å²) in [7, 11) is -0.672. The smallest absolute Gasteiger partial charge is 0.191 e. The van der Waals surface area contributed by atoms with Crippen LogP contribution in [0.2, 0.25) is 0 Å². The third-order valence-corrected chi connectivity index (χ3v) is 6.76. The van der Waals surface area contributed by atoms with Crippen LogP contribution >= 0.6 is 0 Å². The first-order chi connectivity index (χ1) is 12.1. The van der Waals surface area contributed by atoms with Gasteiger partial charge in [-0.15, -0.1) is 0 Å². The summed E-state index contributed by atoms with van der Waals surface area (Å²) in [6, 6.07) is 0.405. The van der Waals surface area contributed by atoms with E-state index in [1.807, 2.05) is 6.92 Å². The fourth-order valence-corrected chi connectivity index (χ4v) is 4.79. The Bertz CT molecular complexity index is 399. The molecule has 1 rings (SSSR count). The number of rotatable bonds is 11. The van der Waals surface area contributed by atoms with Gasteiger partial charge in [0.2, 0.25) is 0 Å². The van der Waals surface area contributed by atoms with Crippen molar-refractivity contribution in [3.8, 4) is 0 Å². The van der Waals surface area contributed by atoms with Crippen LogP contribution in [0.5, 0.6) is 0 Å². The van der Waals surface area contributed by atoms with Gasteiger partial charge in [-0.05, 0) is 58.7 Å². The van der Waals surface area contributed by atoms with Crippen molar-refractivity contribution >= 4 is 16.8 Å². The van der Waals surface area contributed by atoms with Gasteiger partial charge in [0, 0.05) is 40.9 Å². The zero-order valence-corrected chi connectivity index (χ0v) is 17.7. The summed E-state index contributed by atoms with van der Waals surface area (Å²) in [4.78, 5) is 7.21. The van der Waals surface area contributed by atoms with Crippen molar-refractivity contribution in [2.75, 3.05) is 38.5 Å². The zero-order chi connectivity index (χ0) is 18.5. The summed E-state index contributed by atoms with van der Waals surface area (Å²) in [5.74, 6) is 1.70. The molecule has 0 aromatic rings. The fraction of sp³-hybridized carbons (Fsp3) is 0.947. The first kappa shape index (κ1) is 22.4. The van der Waals surface area contributed by atoms with Crippen LogP contribution in [0.1, 0.15) is 66.2 Å². The first-order valence-corrected chi connectivity index (χ1v) is 11.7. The highest BCUT2D eigenvalue weighted by Crippen LogP contribution is 2.22. The van der Waals surface area contributed by atoms with Gasteiger partial charge in [-0.3, -0.25) is 9.20 Å². The Morgan fingerprint density at radius 1 is 1.16 bits per heavy atom. The molecule has 0 radical (unpaired) electrons. The van der Waals surface area contributed by atoms with Crippen molar-refractivity contribution in [3.63, 3.8) is 0 Å². The zero-order valence-electron chi connectivity index (χ0n) is 16.9. The minimum atomic E-state index is -0.672. The van der Waals surface area contributed by atoms with E-state index in [4.69, 9.17) is 4.99 Å². The summed E-state index contributed by atoms with van der Waals surface area (Å²) in [6.07, 6.45) is 6.76. The molecule has 1 aliphatic carbocycles. The van der Waals surface area contributed by atoms with Crippen molar-refractivity contribution < 1.29 is 4.21 Å². The van der Waals surface area contributed by atoms with Gasteiger partial charge in [-0.1, -0.05) is 27.2 Å². The molecule has 6 heteroatoms. The van der Waals surface area contributed by atoms with Crippen molar-refractivity contribution in [1.29, 1.82) is 0 Å². The molecule has 2 N–H and O–H groups in total. The maximum Gasteiger partial charge on any atom is 0.191 e. The lowest BCUT2D eigenvalue weighted by molar-refractivity contribution is 0.297. The number of nitrogens with zero attached hydrogens (tertiary/aromatic N) is 2. The van der Waals surface area contributed by atoms with Gasteiger partial charge in [0.05, 0.1) is 0 Å². The molecule has 0 bridgehead atoms. The SMILES string of the molecule is CCNC(=NCCCCN(CC)CC)NC1CCCC(S(=O)CC)C1. The molecule has 1 fully saturated rings. The monoisotopic (exact) mass is 372 g/mol. The van der Waals surface area contributed by atoms with Crippen LogP contribution < -0.4 is 10.6 Å². The van der Waals surface area contributed by atoms with Gasteiger partial charge >= 0.3 is 0 Å². The Labute approximate surface area is 157 Å². The predicted molar refractivity (Wildman–Crippen MR) is 111 cm³/mol. The van der Waals surface area contributed by atoms with Crippen LogP contribution in [0.3, 0.4) is 0 Å². The molecule has 3 unspecified atom stereocenters. The van der Waals surface area contributed by atoms with E-state index in [2.05, 4.69) is 36.3 Å². The molecule has 0 spiro atoms. The van der Waals surface area contributed by atoms with Gasteiger partial charge < -0.3 is 15.5 Å². The Kier molecular flexibility index (Phi) is 12.2. The minimum Gasteiger partial charge on any atom is -0.357 e. The van der Waals surface area contributed by atoms with Crippen molar-refractivity contribution in [2.45, 2.75) is 77.5 Å². The molecule has 1 aliphatic rings. The van der Waals surface area contributed by atoms with Crippen LogP contribution in [0, 0.1) is 0 Å². The van der Waals surface area contributed by atoms with Gasteiger partial charge in [0.1, 0.15) is 0 Å². The molecule has 0 saturated heterocycles. The average Bonchev–Trinajstić information content (AvgIpc) is 2.64. The van der Waals surface area contributed by atoms with E-state index in [0.29, 0.717) is 11.3 Å². The van der Waals surface area contributed by atoms with Gasteiger partial charge in [-0.25, -0.2) is 0 Å². The Balaban J connectivity index is 2.40. The highest BCUT2D eigenvalue weighted by Gasteiger charge is 2.25. The van der Waals surface area contributed by atoms with Crippen molar-refractivity contribution in [1.82, 2.24) is 15.5 Å². The average molecular weight is 373 g/mol. The van der Waals surface area contributed by atoms with E-state index in [-0.39, 0.29) is 0 Å². The standard InChI is InChI=1S/C19H40N4OS/c1-5-20-19(21-14-9-10-15-23(6-2)7-3)22-17-12-11-13-18(16-17)25(24)8-4/h17-18H,5-16H2,1-4H3,(H2,20,21,22). The molecule has 0 aromatic heterocycles. The summed E-state index contributed by atoms with van der Waals surface area (Å²) < 4.78 is 12.1. The van der Waals surface area contributed by atoms with Gasteiger partial charge in [0.25, 0.3) is 0 Å². The summed E-state index contributed by atoms with van der Waals surface area (Å²) in [5.41, 5.74) is 0.